The fourth-order valence-corrected chi connectivity index (χ4v) is 1.55. The Morgan fingerprint density at radius 2 is 2.20 bits per heavy atom. The van der Waals surface area contributed by atoms with Crippen molar-refractivity contribution in [1.29, 1.82) is 0 Å². The molecule has 3 heteroatoms. The molecule has 0 rings (SSSR count). The number of rotatable bonds is 3. The van der Waals surface area contributed by atoms with Crippen molar-refractivity contribution in [2.75, 3.05) is 0 Å². The molecular formula is C7H15BiO2. The van der Waals surface area contributed by atoms with Gasteiger partial charge >= 0.3 is 76.8 Å². The van der Waals surface area contributed by atoms with Gasteiger partial charge in [-0.1, -0.05) is 0 Å². The van der Waals surface area contributed by atoms with E-state index in [4.69, 9.17) is 5.11 Å². The van der Waals surface area contributed by atoms with E-state index in [1.165, 1.54) is 0 Å². The predicted molar refractivity (Wildman–Crippen MR) is 44.0 cm³/mol. The molecule has 0 saturated carbocycles. The van der Waals surface area contributed by atoms with Crippen molar-refractivity contribution < 1.29 is 9.90 Å². The first-order chi connectivity index (χ1) is 4.42. The van der Waals surface area contributed by atoms with E-state index in [-0.39, 0.29) is 0 Å². The molecule has 60 valence electrons. The van der Waals surface area contributed by atoms with Crippen molar-refractivity contribution >= 4 is 30.7 Å². The molecule has 10 heavy (non-hydrogen) atoms. The zero-order chi connectivity index (χ0) is 8.36. The summed E-state index contributed by atoms with van der Waals surface area (Å²) in [6.07, 6.45) is 0.958. The van der Waals surface area contributed by atoms with Crippen LogP contribution in [0.25, 0.3) is 0 Å². The van der Waals surface area contributed by atoms with Crippen molar-refractivity contribution in [2.24, 2.45) is 5.92 Å². The van der Waals surface area contributed by atoms with Crippen LogP contribution in [0.5, 0.6) is 0 Å². The zero-order valence-electron chi connectivity index (χ0n) is 6.72. The van der Waals surface area contributed by atoms with E-state index in [0.29, 0.717) is 30.6 Å². The van der Waals surface area contributed by atoms with Gasteiger partial charge in [0.2, 0.25) is 0 Å². The first-order valence-corrected chi connectivity index (χ1v) is 5.69. The fourth-order valence-electron chi connectivity index (χ4n) is 0.635. The number of aliphatic carboxylic acids is 1. The van der Waals surface area contributed by atoms with Crippen molar-refractivity contribution in [3.05, 3.63) is 0 Å². The van der Waals surface area contributed by atoms with Gasteiger partial charge in [0.15, 0.2) is 0 Å². The van der Waals surface area contributed by atoms with Crippen LogP contribution >= 0.6 is 0 Å². The summed E-state index contributed by atoms with van der Waals surface area (Å²) in [5.41, 5.74) is 0. The molecule has 0 aliphatic heterocycles. The molecule has 0 aromatic rings. The van der Waals surface area contributed by atoms with Gasteiger partial charge in [0.1, 0.15) is 0 Å². The summed E-state index contributed by atoms with van der Waals surface area (Å²) in [6, 6.07) is 0. The van der Waals surface area contributed by atoms with E-state index in [1.807, 2.05) is 20.8 Å². The molecular weight excluding hydrogens is 325 g/mol. The molecule has 0 amide bonds. The van der Waals surface area contributed by atoms with Gasteiger partial charge in [-0.2, -0.15) is 0 Å². The Kier molecular flexibility index (Phi) is 3.79. The van der Waals surface area contributed by atoms with Gasteiger partial charge < -0.3 is 0 Å². The fraction of sp³-hybridized carbons (Fsp3) is 0.857. The molecule has 0 aliphatic rings. The van der Waals surface area contributed by atoms with E-state index in [2.05, 4.69) is 0 Å². The molecule has 2 atom stereocenters. The molecule has 2 nitrogen and oxygen atoms in total. The molecule has 0 aromatic carbocycles. The van der Waals surface area contributed by atoms with Gasteiger partial charge in [-0.25, -0.2) is 0 Å². The van der Waals surface area contributed by atoms with Gasteiger partial charge in [0, 0.05) is 0 Å². The zero-order valence-corrected chi connectivity index (χ0v) is 11.2. The Hall–Kier alpha value is 0.353. The summed E-state index contributed by atoms with van der Waals surface area (Å²) in [5, 5.41) is 8.78. The quantitative estimate of drug-likeness (QED) is 0.777. The Balaban J connectivity index is 4.23. The summed E-state index contributed by atoms with van der Waals surface area (Å²) >= 11 is 0.518. The second-order valence-corrected chi connectivity index (χ2v) is 7.56. The Morgan fingerprint density at radius 1 is 1.80 bits per heavy atom. The summed E-state index contributed by atoms with van der Waals surface area (Å²) in [7, 11) is 0. The number of carboxylic acids is 1. The van der Waals surface area contributed by atoms with Crippen LogP contribution in [0.15, 0.2) is 0 Å². The van der Waals surface area contributed by atoms with Gasteiger partial charge in [-0.05, 0) is 0 Å². The van der Waals surface area contributed by atoms with E-state index in [9.17, 15) is 4.79 Å². The van der Waals surface area contributed by atoms with E-state index >= 15 is 0 Å². The van der Waals surface area contributed by atoms with Crippen molar-refractivity contribution in [1.82, 2.24) is 0 Å². The third-order valence-electron chi connectivity index (χ3n) is 2.10. The molecule has 0 fully saturated rings. The standard InChI is InChI=1S/C7H13O2.Bi.2H/c1-4-5(2)6(3)7(8)9;;;/h5H,4H2,1-3H3,(H,8,9);;;. The van der Waals surface area contributed by atoms with Crippen LogP contribution in [0.3, 0.4) is 0 Å². The monoisotopic (exact) mass is 340 g/mol. The minimum atomic E-state index is -0.633. The average Bonchev–Trinajstić information content (AvgIpc) is 1.86. The number of carboxylic acid groups (broad SMARTS) is 1. The van der Waals surface area contributed by atoms with Gasteiger partial charge in [-0.15, -0.1) is 0 Å². The molecule has 0 spiro atoms. The maximum absolute atomic E-state index is 10.7. The van der Waals surface area contributed by atoms with E-state index in [1.54, 1.807) is 0 Å². The third-order valence-corrected chi connectivity index (χ3v) is 5.27. The molecule has 0 radical (unpaired) electrons. The SMILES string of the molecule is CCC(C)[C](C)([BiH2])C(=O)O. The predicted octanol–water partition coefficient (Wildman–Crippen LogP) is 0.929. The first-order valence-electron chi connectivity index (χ1n) is 3.45. The Labute approximate surface area is 76.9 Å². The molecule has 0 saturated heterocycles. The van der Waals surface area contributed by atoms with Gasteiger partial charge in [-0.3, -0.25) is 0 Å². The average molecular weight is 340 g/mol. The van der Waals surface area contributed by atoms with Crippen LogP contribution in [-0.2, 0) is 4.79 Å². The Morgan fingerprint density at radius 3 is 2.30 bits per heavy atom. The van der Waals surface area contributed by atoms with Gasteiger partial charge in [0.05, 0.1) is 0 Å². The summed E-state index contributed by atoms with van der Waals surface area (Å²) < 4.78 is -0.408. The second-order valence-electron chi connectivity index (χ2n) is 2.90. The molecule has 0 heterocycles. The summed E-state index contributed by atoms with van der Waals surface area (Å²) in [5.74, 6) is -0.318. The van der Waals surface area contributed by atoms with Crippen LogP contribution in [-0.4, -0.2) is 35.8 Å². The van der Waals surface area contributed by atoms with Crippen LogP contribution in [0, 0.1) is 5.92 Å². The maximum atomic E-state index is 10.7. The number of hydrogen-bond acceptors (Lipinski definition) is 1. The van der Waals surface area contributed by atoms with Gasteiger partial charge in [0.25, 0.3) is 0 Å². The van der Waals surface area contributed by atoms with Crippen LogP contribution in [0.4, 0.5) is 0 Å². The Bertz CT molecular complexity index is 132. The third kappa shape index (κ3) is 2.19. The molecule has 2 unspecified atom stereocenters. The molecule has 0 aromatic heterocycles. The van der Waals surface area contributed by atoms with Crippen LogP contribution in [0.2, 0.25) is 3.12 Å². The summed E-state index contributed by atoms with van der Waals surface area (Å²) in [6.45, 7) is 5.89. The normalized spacial score (nSPS) is 19.6. The van der Waals surface area contributed by atoms with E-state index in [0.717, 1.165) is 6.42 Å². The second kappa shape index (κ2) is 3.66. The topological polar surface area (TPSA) is 37.3 Å². The van der Waals surface area contributed by atoms with Crippen LogP contribution in [0.1, 0.15) is 27.2 Å². The molecule has 0 bridgehead atoms. The minimum absolute atomic E-state index is 0.315. The first kappa shape index (κ1) is 10.4. The van der Waals surface area contributed by atoms with Crippen molar-refractivity contribution in [3.63, 3.8) is 0 Å². The van der Waals surface area contributed by atoms with Crippen molar-refractivity contribution in [2.45, 2.75) is 30.3 Å². The summed E-state index contributed by atoms with van der Waals surface area (Å²) in [4.78, 5) is 10.7. The number of carbonyl (C=O) groups is 1. The van der Waals surface area contributed by atoms with Crippen LogP contribution < -0.4 is 0 Å². The van der Waals surface area contributed by atoms with E-state index < -0.39 is 9.09 Å². The number of hydrogen-bond donors (Lipinski definition) is 1. The van der Waals surface area contributed by atoms with Crippen molar-refractivity contribution in [3.8, 4) is 0 Å². The molecule has 1 N–H and O–H groups in total. The molecule has 0 aliphatic carbocycles.